The first-order valence-electron chi connectivity index (χ1n) is 6.39. The summed E-state index contributed by atoms with van der Waals surface area (Å²) in [5, 5.41) is 0. The molecular weight excluding hydrogens is 188 g/mol. The predicted molar refractivity (Wildman–Crippen MR) is 55.4 cm³/mol. The summed E-state index contributed by atoms with van der Waals surface area (Å²) in [4.78, 5) is 12.0. The van der Waals surface area contributed by atoms with Crippen LogP contribution < -0.4 is 0 Å². The standard InChI is InChI=1S/C13H18O2/c14-11-2-5-12-3-1-4-13(12)9(6-10(11)13)7-15-8-12/h9-10H,1-8H2/t9-,10+,12+,13+/m1/s1. The summed E-state index contributed by atoms with van der Waals surface area (Å²) in [6.07, 6.45) is 7.08. The molecule has 0 N–H and O–H groups in total. The van der Waals surface area contributed by atoms with E-state index in [1.54, 1.807) is 0 Å². The van der Waals surface area contributed by atoms with Crippen LogP contribution in [0.3, 0.4) is 0 Å². The van der Waals surface area contributed by atoms with Crippen molar-refractivity contribution in [2.45, 2.75) is 38.5 Å². The highest BCUT2D eigenvalue weighted by Gasteiger charge is 2.72. The lowest BCUT2D eigenvalue weighted by Gasteiger charge is -2.67. The SMILES string of the molecule is O=C1CC[C@]23CCC[C@@]24[C@@H](COC3)C[C@@H]14. The van der Waals surface area contributed by atoms with Crippen LogP contribution in [0.2, 0.25) is 0 Å². The highest BCUT2D eigenvalue weighted by atomic mass is 16.5. The summed E-state index contributed by atoms with van der Waals surface area (Å²) in [6.45, 7) is 1.89. The molecule has 3 saturated carbocycles. The Morgan fingerprint density at radius 3 is 3.13 bits per heavy atom. The fourth-order valence-electron chi connectivity index (χ4n) is 5.43. The summed E-state index contributed by atoms with van der Waals surface area (Å²) in [5.41, 5.74) is 0.841. The van der Waals surface area contributed by atoms with Gasteiger partial charge in [-0.05, 0) is 37.0 Å². The van der Waals surface area contributed by atoms with Crippen molar-refractivity contribution >= 4 is 5.78 Å². The first-order chi connectivity index (χ1) is 7.29. The van der Waals surface area contributed by atoms with Crippen LogP contribution in [0.1, 0.15) is 38.5 Å². The molecule has 4 rings (SSSR count). The second kappa shape index (κ2) is 2.48. The molecule has 2 nitrogen and oxygen atoms in total. The Labute approximate surface area is 90.4 Å². The number of ketones is 1. The van der Waals surface area contributed by atoms with Gasteiger partial charge < -0.3 is 4.74 Å². The molecule has 0 unspecified atom stereocenters. The third-order valence-electron chi connectivity index (χ3n) is 6.04. The van der Waals surface area contributed by atoms with Crippen molar-refractivity contribution in [1.82, 2.24) is 0 Å². The normalized spacial score (nSPS) is 56.9. The van der Waals surface area contributed by atoms with Crippen molar-refractivity contribution in [2.75, 3.05) is 13.2 Å². The second-order valence-corrected chi connectivity index (χ2v) is 6.14. The lowest BCUT2D eigenvalue weighted by atomic mass is 9.39. The van der Waals surface area contributed by atoms with Crippen LogP contribution in [0, 0.1) is 22.7 Å². The monoisotopic (exact) mass is 206 g/mol. The quantitative estimate of drug-likeness (QED) is 0.607. The Hall–Kier alpha value is -0.370. The van der Waals surface area contributed by atoms with Crippen molar-refractivity contribution in [2.24, 2.45) is 22.7 Å². The zero-order chi connectivity index (χ0) is 10.1. The Balaban J connectivity index is 1.85. The van der Waals surface area contributed by atoms with Crippen LogP contribution in [0.4, 0.5) is 0 Å². The minimum absolute atomic E-state index is 0.417. The van der Waals surface area contributed by atoms with E-state index < -0.39 is 0 Å². The molecule has 15 heavy (non-hydrogen) atoms. The van der Waals surface area contributed by atoms with Gasteiger partial charge in [0.1, 0.15) is 5.78 Å². The fourth-order valence-corrected chi connectivity index (χ4v) is 5.43. The van der Waals surface area contributed by atoms with Gasteiger partial charge in [0.05, 0.1) is 13.2 Å². The maximum absolute atomic E-state index is 12.0. The van der Waals surface area contributed by atoms with Crippen LogP contribution in [0.25, 0.3) is 0 Å². The Morgan fingerprint density at radius 1 is 1.27 bits per heavy atom. The number of ether oxygens (including phenoxy) is 1. The van der Waals surface area contributed by atoms with Crippen LogP contribution in [0.15, 0.2) is 0 Å². The molecule has 0 radical (unpaired) electrons. The first-order valence-corrected chi connectivity index (χ1v) is 6.39. The van der Waals surface area contributed by atoms with E-state index in [4.69, 9.17) is 4.74 Å². The zero-order valence-corrected chi connectivity index (χ0v) is 9.13. The molecule has 4 aliphatic rings. The fraction of sp³-hybridized carbons (Fsp3) is 0.923. The van der Waals surface area contributed by atoms with Crippen LogP contribution in [0.5, 0.6) is 0 Å². The van der Waals surface area contributed by atoms with Gasteiger partial charge in [0.25, 0.3) is 0 Å². The Kier molecular flexibility index (Phi) is 1.44. The molecule has 0 aromatic heterocycles. The Bertz CT molecular complexity index is 337. The predicted octanol–water partition coefficient (Wildman–Crippen LogP) is 2.17. The summed E-state index contributed by atoms with van der Waals surface area (Å²) in [5.74, 6) is 1.73. The molecule has 1 spiro atoms. The molecule has 0 bridgehead atoms. The largest absolute Gasteiger partial charge is 0.381 e. The Morgan fingerprint density at radius 2 is 2.20 bits per heavy atom. The van der Waals surface area contributed by atoms with E-state index in [1.807, 2.05) is 0 Å². The van der Waals surface area contributed by atoms with Crippen LogP contribution in [-0.4, -0.2) is 19.0 Å². The number of rotatable bonds is 0. The summed E-state index contributed by atoms with van der Waals surface area (Å²) >= 11 is 0. The van der Waals surface area contributed by atoms with Gasteiger partial charge in [-0.15, -0.1) is 0 Å². The molecule has 0 aromatic rings. The highest BCUT2D eigenvalue weighted by Crippen LogP contribution is 2.74. The van der Waals surface area contributed by atoms with Gasteiger partial charge in [0, 0.05) is 17.8 Å². The minimum atomic E-state index is 0.417. The highest BCUT2D eigenvalue weighted by molar-refractivity contribution is 5.84. The molecule has 4 atom stereocenters. The number of carbonyl (C=O) groups excluding carboxylic acids is 1. The average Bonchev–Trinajstić information content (AvgIpc) is 2.62. The van der Waals surface area contributed by atoms with E-state index >= 15 is 0 Å². The third-order valence-corrected chi connectivity index (χ3v) is 6.04. The van der Waals surface area contributed by atoms with Crippen molar-refractivity contribution in [1.29, 1.82) is 0 Å². The topological polar surface area (TPSA) is 26.3 Å². The molecule has 1 aliphatic heterocycles. The van der Waals surface area contributed by atoms with Gasteiger partial charge in [-0.1, -0.05) is 6.42 Å². The van der Waals surface area contributed by atoms with Crippen molar-refractivity contribution in [3.8, 4) is 0 Å². The molecule has 4 fully saturated rings. The van der Waals surface area contributed by atoms with Gasteiger partial charge >= 0.3 is 0 Å². The van der Waals surface area contributed by atoms with E-state index in [1.165, 1.54) is 19.3 Å². The average molecular weight is 206 g/mol. The van der Waals surface area contributed by atoms with Gasteiger partial charge in [-0.25, -0.2) is 0 Å². The summed E-state index contributed by atoms with van der Waals surface area (Å²) in [7, 11) is 0. The van der Waals surface area contributed by atoms with Crippen molar-refractivity contribution in [3.63, 3.8) is 0 Å². The molecule has 1 heterocycles. The number of hydrogen-bond donors (Lipinski definition) is 0. The molecule has 2 heteroatoms. The second-order valence-electron chi connectivity index (χ2n) is 6.14. The molecule has 0 amide bonds. The zero-order valence-electron chi connectivity index (χ0n) is 9.13. The molecule has 1 saturated heterocycles. The number of carbonyl (C=O) groups is 1. The maximum Gasteiger partial charge on any atom is 0.136 e. The molecule has 3 aliphatic carbocycles. The number of Topliss-reactive ketones (excluding diaryl/α,β-unsaturated/α-hetero) is 1. The smallest absolute Gasteiger partial charge is 0.136 e. The van der Waals surface area contributed by atoms with Crippen LogP contribution >= 0.6 is 0 Å². The van der Waals surface area contributed by atoms with Crippen LogP contribution in [-0.2, 0) is 9.53 Å². The van der Waals surface area contributed by atoms with E-state index in [0.29, 0.717) is 22.5 Å². The van der Waals surface area contributed by atoms with E-state index in [9.17, 15) is 4.79 Å². The lowest BCUT2D eigenvalue weighted by molar-refractivity contribution is -0.238. The molecule has 0 aromatic carbocycles. The van der Waals surface area contributed by atoms with Crippen molar-refractivity contribution < 1.29 is 9.53 Å². The third kappa shape index (κ3) is 0.748. The van der Waals surface area contributed by atoms with Gasteiger partial charge in [0.2, 0.25) is 0 Å². The summed E-state index contributed by atoms with van der Waals surface area (Å²) < 4.78 is 5.81. The van der Waals surface area contributed by atoms with Gasteiger partial charge in [-0.3, -0.25) is 4.79 Å². The van der Waals surface area contributed by atoms with Gasteiger partial charge in [0.15, 0.2) is 0 Å². The minimum Gasteiger partial charge on any atom is -0.381 e. The molecular formula is C13H18O2. The first kappa shape index (κ1) is 8.74. The van der Waals surface area contributed by atoms with E-state index in [0.717, 1.165) is 38.4 Å². The lowest BCUT2D eigenvalue weighted by Crippen LogP contribution is -2.67. The van der Waals surface area contributed by atoms with Crippen molar-refractivity contribution in [3.05, 3.63) is 0 Å². The maximum atomic E-state index is 12.0. The summed E-state index contributed by atoms with van der Waals surface area (Å²) in [6, 6.07) is 0. The van der Waals surface area contributed by atoms with E-state index in [-0.39, 0.29) is 0 Å². The van der Waals surface area contributed by atoms with Gasteiger partial charge in [-0.2, -0.15) is 0 Å². The number of hydrogen-bond acceptors (Lipinski definition) is 2. The van der Waals surface area contributed by atoms with E-state index in [2.05, 4.69) is 0 Å². The molecule has 82 valence electrons.